The van der Waals surface area contributed by atoms with Gasteiger partial charge < -0.3 is 5.32 Å². The number of hydrogen-bond acceptors (Lipinski definition) is 4. The van der Waals surface area contributed by atoms with Crippen LogP contribution in [0.2, 0.25) is 0 Å². The van der Waals surface area contributed by atoms with E-state index in [0.717, 1.165) is 30.6 Å². The van der Waals surface area contributed by atoms with Crippen molar-refractivity contribution in [3.8, 4) is 0 Å². The highest BCUT2D eigenvalue weighted by atomic mass is 32.2. The van der Waals surface area contributed by atoms with Crippen LogP contribution in [0.5, 0.6) is 0 Å². The molecule has 2 heterocycles. The number of aromatic amines is 1. The van der Waals surface area contributed by atoms with Gasteiger partial charge in [0.05, 0.1) is 17.1 Å². The van der Waals surface area contributed by atoms with E-state index in [-0.39, 0.29) is 4.90 Å². The second kappa shape index (κ2) is 5.07. The molecular formula is C14H18N4O2S. The van der Waals surface area contributed by atoms with E-state index in [0.29, 0.717) is 17.1 Å². The average Bonchev–Trinajstić information content (AvgIpc) is 2.79. The first kappa shape index (κ1) is 13.9. The SMILES string of the molecule is Cc1n[nH]c(C)c1S(=O)(=O)Nc1cccc2c1CCCN2. The molecule has 21 heavy (non-hydrogen) atoms. The Hall–Kier alpha value is -2.02. The summed E-state index contributed by atoms with van der Waals surface area (Å²) in [7, 11) is -3.64. The van der Waals surface area contributed by atoms with Crippen molar-refractivity contribution in [1.82, 2.24) is 10.2 Å². The topological polar surface area (TPSA) is 86.9 Å². The number of nitrogens with one attached hydrogen (secondary N) is 3. The van der Waals surface area contributed by atoms with Crippen LogP contribution in [0.15, 0.2) is 23.1 Å². The number of nitrogens with zero attached hydrogens (tertiary/aromatic N) is 1. The van der Waals surface area contributed by atoms with Gasteiger partial charge in [0.2, 0.25) is 0 Å². The Labute approximate surface area is 124 Å². The second-order valence-electron chi connectivity index (χ2n) is 5.23. The highest BCUT2D eigenvalue weighted by molar-refractivity contribution is 7.92. The predicted molar refractivity (Wildman–Crippen MR) is 82.1 cm³/mol. The van der Waals surface area contributed by atoms with E-state index in [9.17, 15) is 8.42 Å². The van der Waals surface area contributed by atoms with Gasteiger partial charge in [-0.3, -0.25) is 9.82 Å². The number of benzene rings is 1. The van der Waals surface area contributed by atoms with Gasteiger partial charge in [-0.25, -0.2) is 8.42 Å². The zero-order valence-corrected chi connectivity index (χ0v) is 12.8. The summed E-state index contributed by atoms with van der Waals surface area (Å²) in [5.74, 6) is 0. The molecule has 1 aliphatic rings. The van der Waals surface area contributed by atoms with Gasteiger partial charge in [-0.15, -0.1) is 0 Å². The lowest BCUT2D eigenvalue weighted by atomic mass is 10.0. The molecule has 112 valence electrons. The van der Waals surface area contributed by atoms with Crippen LogP contribution < -0.4 is 10.0 Å². The number of anilines is 2. The molecule has 0 radical (unpaired) electrons. The molecule has 1 aromatic carbocycles. The van der Waals surface area contributed by atoms with Crippen LogP contribution >= 0.6 is 0 Å². The molecule has 2 aromatic rings. The fraction of sp³-hybridized carbons (Fsp3) is 0.357. The van der Waals surface area contributed by atoms with Crippen LogP contribution in [0.3, 0.4) is 0 Å². The van der Waals surface area contributed by atoms with Gasteiger partial charge in [0.1, 0.15) is 4.90 Å². The second-order valence-corrected chi connectivity index (χ2v) is 6.85. The van der Waals surface area contributed by atoms with E-state index in [4.69, 9.17) is 0 Å². The standard InChI is InChI=1S/C14H18N4O2S/c1-9-14(10(2)17-16-9)21(19,20)18-13-7-3-6-12-11(13)5-4-8-15-12/h3,6-7,15,18H,4-5,8H2,1-2H3,(H,16,17). The third kappa shape index (κ3) is 2.49. The molecule has 0 fully saturated rings. The van der Waals surface area contributed by atoms with Crippen molar-refractivity contribution in [2.45, 2.75) is 31.6 Å². The molecule has 3 N–H and O–H groups in total. The molecule has 6 nitrogen and oxygen atoms in total. The maximum absolute atomic E-state index is 12.6. The number of sulfonamides is 1. The van der Waals surface area contributed by atoms with Gasteiger partial charge in [0.15, 0.2) is 0 Å². The van der Waals surface area contributed by atoms with Gasteiger partial charge in [0, 0.05) is 12.2 Å². The van der Waals surface area contributed by atoms with E-state index >= 15 is 0 Å². The lowest BCUT2D eigenvalue weighted by Gasteiger charge is -2.21. The summed E-state index contributed by atoms with van der Waals surface area (Å²) in [6.45, 7) is 4.31. The zero-order valence-electron chi connectivity index (χ0n) is 12.0. The summed E-state index contributed by atoms with van der Waals surface area (Å²) in [4.78, 5) is 0.226. The van der Waals surface area contributed by atoms with Crippen molar-refractivity contribution in [1.29, 1.82) is 0 Å². The highest BCUT2D eigenvalue weighted by Crippen LogP contribution is 2.31. The first-order chi connectivity index (χ1) is 9.99. The van der Waals surface area contributed by atoms with Crippen molar-refractivity contribution in [3.63, 3.8) is 0 Å². The van der Waals surface area contributed by atoms with Crippen molar-refractivity contribution in [2.75, 3.05) is 16.6 Å². The minimum absolute atomic E-state index is 0.226. The van der Waals surface area contributed by atoms with Crippen LogP contribution in [0.4, 0.5) is 11.4 Å². The summed E-state index contributed by atoms with van der Waals surface area (Å²) in [6.07, 6.45) is 1.86. The van der Waals surface area contributed by atoms with Crippen LogP contribution in [-0.2, 0) is 16.4 Å². The van der Waals surface area contributed by atoms with Gasteiger partial charge in [-0.1, -0.05) is 6.07 Å². The van der Waals surface area contributed by atoms with E-state index in [1.807, 2.05) is 12.1 Å². The lowest BCUT2D eigenvalue weighted by molar-refractivity contribution is 0.600. The fourth-order valence-corrected chi connectivity index (χ4v) is 4.20. The highest BCUT2D eigenvalue weighted by Gasteiger charge is 2.24. The lowest BCUT2D eigenvalue weighted by Crippen LogP contribution is -2.18. The number of hydrogen-bond donors (Lipinski definition) is 3. The molecule has 1 aliphatic heterocycles. The number of aromatic nitrogens is 2. The number of fused-ring (bicyclic) bond motifs is 1. The van der Waals surface area contributed by atoms with Gasteiger partial charge in [0.25, 0.3) is 10.0 Å². The normalized spacial score (nSPS) is 14.4. The molecule has 3 rings (SSSR count). The minimum Gasteiger partial charge on any atom is -0.385 e. The Bertz CT molecular complexity index is 761. The first-order valence-corrected chi connectivity index (χ1v) is 8.37. The summed E-state index contributed by atoms with van der Waals surface area (Å²) in [5, 5.41) is 9.96. The van der Waals surface area contributed by atoms with Gasteiger partial charge in [-0.2, -0.15) is 5.10 Å². The van der Waals surface area contributed by atoms with Crippen LogP contribution in [0, 0.1) is 13.8 Å². The summed E-state index contributed by atoms with van der Waals surface area (Å²) < 4.78 is 27.9. The van der Waals surface area contributed by atoms with Crippen molar-refractivity contribution >= 4 is 21.4 Å². The van der Waals surface area contributed by atoms with Crippen LogP contribution in [0.1, 0.15) is 23.4 Å². The van der Waals surface area contributed by atoms with Crippen molar-refractivity contribution < 1.29 is 8.42 Å². The van der Waals surface area contributed by atoms with Crippen molar-refractivity contribution in [2.24, 2.45) is 0 Å². The third-order valence-electron chi connectivity index (χ3n) is 3.67. The van der Waals surface area contributed by atoms with E-state index in [1.165, 1.54) is 0 Å². The third-order valence-corrected chi connectivity index (χ3v) is 5.30. The number of rotatable bonds is 3. The molecule has 0 aliphatic carbocycles. The summed E-state index contributed by atoms with van der Waals surface area (Å²) in [5.41, 5.74) is 3.68. The minimum atomic E-state index is -3.64. The molecular weight excluding hydrogens is 288 g/mol. The quantitative estimate of drug-likeness (QED) is 0.811. The predicted octanol–water partition coefficient (Wildman–Crippen LogP) is 2.19. The monoisotopic (exact) mass is 306 g/mol. The Kier molecular flexibility index (Phi) is 3.36. The van der Waals surface area contributed by atoms with Crippen LogP contribution in [-0.4, -0.2) is 25.2 Å². The molecule has 0 spiro atoms. The van der Waals surface area contributed by atoms with E-state index in [2.05, 4.69) is 20.2 Å². The largest absolute Gasteiger partial charge is 0.385 e. The van der Waals surface area contributed by atoms with Gasteiger partial charge >= 0.3 is 0 Å². The molecule has 0 unspecified atom stereocenters. The number of aryl methyl sites for hydroxylation is 2. The van der Waals surface area contributed by atoms with Gasteiger partial charge in [-0.05, 0) is 44.4 Å². The molecule has 7 heteroatoms. The molecule has 0 amide bonds. The molecule has 1 aromatic heterocycles. The van der Waals surface area contributed by atoms with E-state index < -0.39 is 10.0 Å². The Balaban J connectivity index is 2.01. The summed E-state index contributed by atoms with van der Waals surface area (Å²) in [6, 6.07) is 5.62. The Morgan fingerprint density at radius 1 is 1.29 bits per heavy atom. The molecule has 0 saturated carbocycles. The Morgan fingerprint density at radius 3 is 2.81 bits per heavy atom. The maximum Gasteiger partial charge on any atom is 0.265 e. The zero-order chi connectivity index (χ0) is 15.0. The van der Waals surface area contributed by atoms with Crippen molar-refractivity contribution in [3.05, 3.63) is 35.2 Å². The number of H-pyrrole nitrogens is 1. The Morgan fingerprint density at radius 2 is 2.10 bits per heavy atom. The fourth-order valence-electron chi connectivity index (χ4n) is 2.74. The first-order valence-electron chi connectivity index (χ1n) is 6.89. The van der Waals surface area contributed by atoms with Crippen LogP contribution in [0.25, 0.3) is 0 Å². The average molecular weight is 306 g/mol. The summed E-state index contributed by atoms with van der Waals surface area (Å²) >= 11 is 0. The smallest absolute Gasteiger partial charge is 0.265 e. The molecule has 0 saturated heterocycles. The maximum atomic E-state index is 12.6. The molecule has 0 bridgehead atoms. The molecule has 0 atom stereocenters. The van der Waals surface area contributed by atoms with E-state index in [1.54, 1.807) is 19.9 Å².